The predicted octanol–water partition coefficient (Wildman–Crippen LogP) is 3.27. The van der Waals surface area contributed by atoms with Crippen LogP contribution in [0.25, 0.3) is 0 Å². The van der Waals surface area contributed by atoms with Gasteiger partial charge in [-0.15, -0.1) is 0 Å². The Morgan fingerprint density at radius 1 is 1.00 bits per heavy atom. The van der Waals surface area contributed by atoms with Gasteiger partial charge in [-0.25, -0.2) is 0 Å². The molecule has 3 heteroatoms. The van der Waals surface area contributed by atoms with Gasteiger partial charge in [0.2, 0.25) is 0 Å². The van der Waals surface area contributed by atoms with Gasteiger partial charge in [-0.2, -0.15) is 12.6 Å². The van der Waals surface area contributed by atoms with Crippen molar-refractivity contribution in [3.8, 4) is 0 Å². The second kappa shape index (κ2) is 11.4. The minimum atomic E-state index is 0.928. The van der Waals surface area contributed by atoms with E-state index in [0.717, 1.165) is 38.0 Å². The molecule has 2 nitrogen and oxygen atoms in total. The van der Waals surface area contributed by atoms with Crippen LogP contribution in [0.4, 0.5) is 0 Å². The Labute approximate surface area is 112 Å². The number of nitrogens with one attached hydrogen (secondary N) is 1. The van der Waals surface area contributed by atoms with Crippen molar-refractivity contribution >= 4 is 12.6 Å². The van der Waals surface area contributed by atoms with Crippen LogP contribution in [-0.2, 0) is 4.74 Å². The molecule has 0 aliphatic heterocycles. The first-order chi connectivity index (χ1) is 8.43. The lowest BCUT2D eigenvalue weighted by Gasteiger charge is -2.21. The molecule has 0 aromatic rings. The highest BCUT2D eigenvalue weighted by molar-refractivity contribution is 7.80. The molecule has 1 rings (SSSR count). The summed E-state index contributed by atoms with van der Waals surface area (Å²) in [6.07, 6.45) is 10.9. The molecule has 1 fully saturated rings. The molecule has 0 unspecified atom stereocenters. The summed E-state index contributed by atoms with van der Waals surface area (Å²) in [5.41, 5.74) is 0. The number of thiol groups is 1. The molecular weight excluding hydrogens is 230 g/mol. The van der Waals surface area contributed by atoms with Crippen molar-refractivity contribution in [3.05, 3.63) is 0 Å². The molecule has 0 aromatic heterocycles. The molecule has 17 heavy (non-hydrogen) atoms. The van der Waals surface area contributed by atoms with Gasteiger partial charge < -0.3 is 10.1 Å². The molecule has 0 atom stereocenters. The van der Waals surface area contributed by atoms with E-state index in [4.69, 9.17) is 4.74 Å². The quantitative estimate of drug-likeness (QED) is 0.464. The van der Waals surface area contributed by atoms with E-state index in [9.17, 15) is 0 Å². The van der Waals surface area contributed by atoms with Crippen LogP contribution in [0.15, 0.2) is 0 Å². The monoisotopic (exact) mass is 259 g/mol. The van der Waals surface area contributed by atoms with Crippen molar-refractivity contribution in [3.63, 3.8) is 0 Å². The van der Waals surface area contributed by atoms with Crippen LogP contribution in [-0.4, -0.2) is 32.1 Å². The number of unbranched alkanes of at least 4 members (excludes halogenated alkanes) is 1. The standard InChI is InChI=1S/C14H29NOS/c17-13-10-15-9-4-5-11-16-12-8-14-6-2-1-3-7-14/h14-15,17H,1-13H2. The zero-order chi connectivity index (χ0) is 12.2. The van der Waals surface area contributed by atoms with Crippen LogP contribution in [0.2, 0.25) is 0 Å². The third kappa shape index (κ3) is 8.92. The van der Waals surface area contributed by atoms with Gasteiger partial charge in [0.05, 0.1) is 0 Å². The lowest BCUT2D eigenvalue weighted by atomic mass is 9.87. The number of hydrogen-bond acceptors (Lipinski definition) is 3. The molecule has 1 aliphatic carbocycles. The van der Waals surface area contributed by atoms with E-state index < -0.39 is 0 Å². The van der Waals surface area contributed by atoms with Crippen LogP contribution in [0, 0.1) is 5.92 Å². The molecule has 0 spiro atoms. The van der Waals surface area contributed by atoms with Crippen molar-refractivity contribution in [2.45, 2.75) is 51.4 Å². The Kier molecular flexibility index (Phi) is 10.2. The normalized spacial score (nSPS) is 17.5. The minimum absolute atomic E-state index is 0.928. The van der Waals surface area contributed by atoms with E-state index in [2.05, 4.69) is 17.9 Å². The molecule has 102 valence electrons. The van der Waals surface area contributed by atoms with E-state index in [1.165, 1.54) is 51.4 Å². The minimum Gasteiger partial charge on any atom is -0.381 e. The van der Waals surface area contributed by atoms with E-state index >= 15 is 0 Å². The maximum atomic E-state index is 5.70. The van der Waals surface area contributed by atoms with Crippen molar-refractivity contribution in [2.75, 3.05) is 32.1 Å². The van der Waals surface area contributed by atoms with Crippen molar-refractivity contribution in [2.24, 2.45) is 5.92 Å². The summed E-state index contributed by atoms with van der Waals surface area (Å²) in [6.45, 7) is 4.04. The summed E-state index contributed by atoms with van der Waals surface area (Å²) in [5.74, 6) is 1.89. The van der Waals surface area contributed by atoms with Gasteiger partial charge >= 0.3 is 0 Å². The highest BCUT2D eigenvalue weighted by Gasteiger charge is 2.12. The Balaban J connectivity index is 1.75. The summed E-state index contributed by atoms with van der Waals surface area (Å²) >= 11 is 4.15. The van der Waals surface area contributed by atoms with Crippen molar-refractivity contribution in [1.29, 1.82) is 0 Å². The van der Waals surface area contributed by atoms with Gasteiger partial charge in [-0.05, 0) is 31.7 Å². The summed E-state index contributed by atoms with van der Waals surface area (Å²) in [5, 5.41) is 3.35. The van der Waals surface area contributed by atoms with Crippen molar-refractivity contribution < 1.29 is 4.74 Å². The number of ether oxygens (including phenoxy) is 1. The largest absolute Gasteiger partial charge is 0.381 e. The Bertz CT molecular complexity index is 160. The topological polar surface area (TPSA) is 21.3 Å². The van der Waals surface area contributed by atoms with Crippen LogP contribution < -0.4 is 5.32 Å². The Morgan fingerprint density at radius 3 is 2.59 bits per heavy atom. The van der Waals surface area contributed by atoms with Gasteiger partial charge in [0.15, 0.2) is 0 Å². The lowest BCUT2D eigenvalue weighted by molar-refractivity contribution is 0.110. The van der Waals surface area contributed by atoms with Gasteiger partial charge in [-0.3, -0.25) is 0 Å². The molecule has 1 saturated carbocycles. The summed E-state index contributed by atoms with van der Waals surface area (Å²) in [7, 11) is 0. The zero-order valence-corrected chi connectivity index (χ0v) is 12.0. The van der Waals surface area contributed by atoms with E-state index in [0.29, 0.717) is 0 Å². The van der Waals surface area contributed by atoms with Gasteiger partial charge in [-0.1, -0.05) is 32.1 Å². The molecule has 0 heterocycles. The highest BCUT2D eigenvalue weighted by atomic mass is 32.1. The summed E-state index contributed by atoms with van der Waals surface area (Å²) < 4.78 is 5.70. The highest BCUT2D eigenvalue weighted by Crippen LogP contribution is 2.25. The maximum absolute atomic E-state index is 5.70. The zero-order valence-electron chi connectivity index (χ0n) is 11.1. The first-order valence-electron chi connectivity index (χ1n) is 7.33. The van der Waals surface area contributed by atoms with Gasteiger partial charge in [0, 0.05) is 25.5 Å². The predicted molar refractivity (Wildman–Crippen MR) is 78.0 cm³/mol. The average molecular weight is 259 g/mol. The van der Waals surface area contributed by atoms with Crippen LogP contribution in [0.1, 0.15) is 51.4 Å². The number of rotatable bonds is 10. The molecule has 0 amide bonds. The molecule has 0 radical (unpaired) electrons. The van der Waals surface area contributed by atoms with Gasteiger partial charge in [0.1, 0.15) is 0 Å². The average Bonchev–Trinajstić information content (AvgIpc) is 2.38. The molecule has 0 aromatic carbocycles. The Morgan fingerprint density at radius 2 is 1.82 bits per heavy atom. The van der Waals surface area contributed by atoms with E-state index in [1.807, 2.05) is 0 Å². The van der Waals surface area contributed by atoms with E-state index in [-0.39, 0.29) is 0 Å². The number of hydrogen-bond donors (Lipinski definition) is 2. The molecule has 1 aliphatic rings. The Hall–Kier alpha value is 0.270. The molecule has 1 N–H and O–H groups in total. The first-order valence-corrected chi connectivity index (χ1v) is 7.96. The van der Waals surface area contributed by atoms with Crippen molar-refractivity contribution in [1.82, 2.24) is 5.32 Å². The van der Waals surface area contributed by atoms with Crippen LogP contribution >= 0.6 is 12.6 Å². The fourth-order valence-corrected chi connectivity index (χ4v) is 2.64. The van der Waals surface area contributed by atoms with Crippen LogP contribution in [0.3, 0.4) is 0 Å². The summed E-state index contributed by atoms with van der Waals surface area (Å²) in [4.78, 5) is 0. The molecule has 0 bridgehead atoms. The second-order valence-corrected chi connectivity index (χ2v) is 5.53. The fourth-order valence-electron chi connectivity index (χ4n) is 2.49. The fraction of sp³-hybridized carbons (Fsp3) is 1.00. The van der Waals surface area contributed by atoms with Crippen LogP contribution in [0.5, 0.6) is 0 Å². The SMILES string of the molecule is SCCNCCCCOCCC1CCCCC1. The molecular formula is C14H29NOS. The lowest BCUT2D eigenvalue weighted by Crippen LogP contribution is -2.18. The first kappa shape index (κ1) is 15.3. The third-order valence-electron chi connectivity index (χ3n) is 3.58. The maximum Gasteiger partial charge on any atom is 0.0468 e. The van der Waals surface area contributed by atoms with E-state index in [1.54, 1.807) is 0 Å². The summed E-state index contributed by atoms with van der Waals surface area (Å²) in [6, 6.07) is 0. The smallest absolute Gasteiger partial charge is 0.0468 e. The molecule has 0 saturated heterocycles. The van der Waals surface area contributed by atoms with Gasteiger partial charge in [0.25, 0.3) is 0 Å². The second-order valence-electron chi connectivity index (χ2n) is 5.09. The third-order valence-corrected chi connectivity index (χ3v) is 3.80.